The van der Waals surface area contributed by atoms with E-state index in [4.69, 9.17) is 11.2 Å². The Balaban J connectivity index is 4.23. The van der Waals surface area contributed by atoms with E-state index in [1.165, 1.54) is 0 Å². The predicted molar refractivity (Wildman–Crippen MR) is 37.9 cm³/mol. The van der Waals surface area contributed by atoms with Crippen LogP contribution in [-0.4, -0.2) is 5.52 Å². The van der Waals surface area contributed by atoms with Crippen LogP contribution in [0.1, 0.15) is 20.8 Å². The third-order valence-corrected chi connectivity index (χ3v) is 2.25. The molecule has 0 aromatic carbocycles. The fourth-order valence-corrected chi connectivity index (χ4v) is 1.55. The van der Waals surface area contributed by atoms with Crippen molar-refractivity contribution < 1.29 is 9.36 Å². The molecule has 0 aliphatic heterocycles. The molecule has 0 fully saturated rings. The Labute approximate surface area is 60.2 Å². The van der Waals surface area contributed by atoms with Gasteiger partial charge in [0.25, 0.3) is 0 Å². The first-order valence-corrected chi connectivity index (χ1v) is 4.69. The normalized spacial score (nSPS) is 13.1. The van der Waals surface area contributed by atoms with Crippen molar-refractivity contribution in [3.8, 4) is 0 Å². The Morgan fingerprint density at radius 3 is 1.78 bits per heavy atom. The maximum atomic E-state index is 10.7. The highest BCUT2D eigenvalue weighted by Gasteiger charge is 2.38. The van der Waals surface area contributed by atoms with Crippen molar-refractivity contribution in [2.24, 2.45) is 5.41 Å². The quantitative estimate of drug-likeness (QED) is 0.563. The van der Waals surface area contributed by atoms with E-state index in [2.05, 4.69) is 0 Å². The molecule has 2 nitrogen and oxygen atoms in total. The first kappa shape index (κ1) is 9.06. The lowest BCUT2D eigenvalue weighted by Crippen LogP contribution is -2.14. The van der Waals surface area contributed by atoms with Gasteiger partial charge in [0.1, 0.15) is 0 Å². The fraction of sp³-hybridized carbons (Fsp3) is 0.800. The Morgan fingerprint density at radius 2 is 1.78 bits per heavy atom. The van der Waals surface area contributed by atoms with Crippen molar-refractivity contribution in [3.05, 3.63) is 0 Å². The molecule has 0 N–H and O–H groups in total. The third-order valence-electron chi connectivity index (χ3n) is 0.801. The monoisotopic (exact) mass is 167 g/mol. The van der Waals surface area contributed by atoms with Crippen molar-refractivity contribution in [1.82, 2.24) is 0 Å². The van der Waals surface area contributed by atoms with Crippen LogP contribution in [0.5, 0.6) is 0 Å². The molecule has 0 heterocycles. The molecule has 0 saturated heterocycles. The van der Waals surface area contributed by atoms with Crippen molar-refractivity contribution >= 4 is 23.9 Å². The lowest BCUT2D eigenvalue weighted by Gasteiger charge is -2.04. The minimum atomic E-state index is -2.17. The SMILES string of the molecule is CC(C)(C)C(=O)[P+](=O)Cl. The summed E-state index contributed by atoms with van der Waals surface area (Å²) in [5.41, 5.74) is -0.964. The molecule has 4 heteroatoms. The minimum Gasteiger partial charge on any atom is -0.238 e. The number of carbonyl (C=O) groups is 1. The summed E-state index contributed by atoms with van der Waals surface area (Å²) in [4.78, 5) is 10.7. The van der Waals surface area contributed by atoms with Gasteiger partial charge in [0.2, 0.25) is 11.2 Å². The summed E-state index contributed by atoms with van der Waals surface area (Å²) >= 11 is 5.07. The largest absolute Gasteiger partial charge is 0.532 e. The maximum absolute atomic E-state index is 10.7. The Hall–Kier alpha value is 0.0600. The summed E-state index contributed by atoms with van der Waals surface area (Å²) in [5, 5.41) is 0. The molecule has 0 amide bonds. The molecule has 0 radical (unpaired) electrons. The van der Waals surface area contributed by atoms with Gasteiger partial charge < -0.3 is 0 Å². The van der Waals surface area contributed by atoms with Gasteiger partial charge in [0, 0.05) is 0 Å². The number of halogens is 1. The molecular weight excluding hydrogens is 158 g/mol. The van der Waals surface area contributed by atoms with Gasteiger partial charge in [0.15, 0.2) is 0 Å². The van der Waals surface area contributed by atoms with Gasteiger partial charge in [-0.25, -0.2) is 4.79 Å². The van der Waals surface area contributed by atoms with Gasteiger partial charge >= 0.3 is 12.7 Å². The van der Waals surface area contributed by atoms with E-state index in [-0.39, 0.29) is 5.52 Å². The van der Waals surface area contributed by atoms with Crippen LogP contribution in [0.4, 0.5) is 0 Å². The molecule has 0 aromatic heterocycles. The molecule has 0 aliphatic carbocycles. The van der Waals surface area contributed by atoms with E-state index in [1.54, 1.807) is 20.8 Å². The van der Waals surface area contributed by atoms with Crippen molar-refractivity contribution in [1.29, 1.82) is 0 Å². The van der Waals surface area contributed by atoms with Crippen LogP contribution < -0.4 is 0 Å². The second-order valence-electron chi connectivity index (χ2n) is 2.80. The second-order valence-corrected chi connectivity index (χ2v) is 4.62. The highest BCUT2D eigenvalue weighted by atomic mass is 35.7. The smallest absolute Gasteiger partial charge is 0.238 e. The lowest BCUT2D eigenvalue weighted by molar-refractivity contribution is -0.118. The summed E-state index contributed by atoms with van der Waals surface area (Å²) < 4.78 is 10.4. The van der Waals surface area contributed by atoms with E-state index in [0.29, 0.717) is 0 Å². The summed E-state index contributed by atoms with van der Waals surface area (Å²) in [5.74, 6) is 0. The molecule has 0 rings (SSSR count). The predicted octanol–water partition coefficient (Wildman–Crippen LogP) is 2.54. The molecule has 0 spiro atoms. The molecule has 52 valence electrons. The number of hydrogen-bond acceptors (Lipinski definition) is 2. The zero-order chi connectivity index (χ0) is 7.65. The van der Waals surface area contributed by atoms with Gasteiger partial charge in [-0.3, -0.25) is 0 Å². The molecule has 0 bridgehead atoms. The van der Waals surface area contributed by atoms with Crippen LogP contribution in [0.2, 0.25) is 0 Å². The molecule has 0 aliphatic rings. The Morgan fingerprint density at radius 1 is 1.44 bits per heavy atom. The first-order chi connectivity index (χ1) is 3.85. The van der Waals surface area contributed by atoms with Crippen molar-refractivity contribution in [2.45, 2.75) is 20.8 Å². The zero-order valence-electron chi connectivity index (χ0n) is 5.64. The standard InChI is InChI=1S/C5H9ClO2P/c1-5(2,3)4(7)9(6)8/h1-3H3/q+1. The Kier molecular flexibility index (Phi) is 2.78. The van der Waals surface area contributed by atoms with E-state index >= 15 is 0 Å². The molecule has 0 aromatic rings. The van der Waals surface area contributed by atoms with E-state index in [1.807, 2.05) is 0 Å². The van der Waals surface area contributed by atoms with Crippen LogP contribution in [0.3, 0.4) is 0 Å². The molecule has 1 unspecified atom stereocenters. The van der Waals surface area contributed by atoms with Crippen LogP contribution in [0.15, 0.2) is 0 Å². The topological polar surface area (TPSA) is 34.1 Å². The zero-order valence-corrected chi connectivity index (χ0v) is 7.29. The maximum Gasteiger partial charge on any atom is 0.532 e. The number of rotatable bonds is 1. The lowest BCUT2D eigenvalue weighted by atomic mass is 10.00. The second kappa shape index (κ2) is 2.76. The van der Waals surface area contributed by atoms with Crippen LogP contribution in [-0.2, 0) is 9.36 Å². The number of carbonyl (C=O) groups excluding carboxylic acids is 1. The highest BCUT2D eigenvalue weighted by molar-refractivity contribution is 7.87. The van der Waals surface area contributed by atoms with Gasteiger partial charge in [-0.15, -0.1) is 0 Å². The van der Waals surface area contributed by atoms with Gasteiger partial charge in [0.05, 0.1) is 5.41 Å². The van der Waals surface area contributed by atoms with Crippen molar-refractivity contribution in [3.63, 3.8) is 0 Å². The van der Waals surface area contributed by atoms with Crippen molar-refractivity contribution in [2.75, 3.05) is 0 Å². The molecule has 9 heavy (non-hydrogen) atoms. The number of hydrogen-bond donors (Lipinski definition) is 0. The Bertz CT molecular complexity index is 148. The van der Waals surface area contributed by atoms with Gasteiger partial charge in [-0.2, -0.15) is 0 Å². The van der Waals surface area contributed by atoms with E-state index in [9.17, 15) is 9.36 Å². The van der Waals surface area contributed by atoms with E-state index in [0.717, 1.165) is 0 Å². The summed E-state index contributed by atoms with van der Waals surface area (Å²) in [6, 6.07) is 0. The van der Waals surface area contributed by atoms with Gasteiger partial charge in [-0.1, -0.05) is 0 Å². The first-order valence-electron chi connectivity index (χ1n) is 2.53. The van der Waals surface area contributed by atoms with Crippen LogP contribution in [0, 0.1) is 5.41 Å². The molecular formula is C5H9ClO2P+. The van der Waals surface area contributed by atoms with E-state index < -0.39 is 12.6 Å². The van der Waals surface area contributed by atoms with Crippen LogP contribution in [0.25, 0.3) is 0 Å². The fourth-order valence-electron chi connectivity index (χ4n) is 0.264. The average molecular weight is 168 g/mol. The minimum absolute atomic E-state index is 0.390. The van der Waals surface area contributed by atoms with Gasteiger partial charge in [-0.05, 0) is 25.3 Å². The summed E-state index contributed by atoms with van der Waals surface area (Å²) in [6.45, 7) is 5.06. The average Bonchev–Trinajstić information content (AvgIpc) is 1.62. The summed E-state index contributed by atoms with van der Waals surface area (Å²) in [6.07, 6.45) is 0. The molecule has 0 saturated carbocycles. The highest BCUT2D eigenvalue weighted by Crippen LogP contribution is 2.36. The third kappa shape index (κ3) is 2.92. The summed E-state index contributed by atoms with van der Waals surface area (Å²) in [7, 11) is -2.17. The van der Waals surface area contributed by atoms with Crippen LogP contribution >= 0.6 is 18.4 Å². The molecule has 1 atom stereocenters.